The highest BCUT2D eigenvalue weighted by Crippen LogP contribution is 2.13. The molecule has 2 rings (SSSR count). The van der Waals surface area contributed by atoms with Crippen LogP contribution in [-0.2, 0) is 12.8 Å². The van der Waals surface area contributed by atoms with Crippen LogP contribution in [0.25, 0.3) is 0 Å². The Hall–Kier alpha value is -2.13. The molecule has 3 nitrogen and oxygen atoms in total. The van der Waals surface area contributed by atoms with Crippen molar-refractivity contribution in [3.05, 3.63) is 71.3 Å². The van der Waals surface area contributed by atoms with Gasteiger partial charge in [-0.3, -0.25) is 10.0 Å². The number of carbonyl (C=O) groups excluding carboxylic acids is 1. The maximum atomic E-state index is 12.4. The third-order valence-electron chi connectivity index (χ3n) is 5.21. The molecule has 0 saturated heterocycles. The summed E-state index contributed by atoms with van der Waals surface area (Å²) in [6.45, 7) is 2.55. The molecule has 0 heterocycles. The lowest BCUT2D eigenvalue weighted by atomic mass is 10.0. The van der Waals surface area contributed by atoms with Gasteiger partial charge in [0, 0.05) is 5.56 Å². The van der Waals surface area contributed by atoms with Gasteiger partial charge in [0.05, 0.1) is 6.54 Å². The van der Waals surface area contributed by atoms with Crippen LogP contribution in [0.2, 0.25) is 0 Å². The first kappa shape index (κ1) is 22.2. The Morgan fingerprint density at radius 3 is 1.96 bits per heavy atom. The zero-order chi connectivity index (χ0) is 20.0. The summed E-state index contributed by atoms with van der Waals surface area (Å²) >= 11 is 0. The fourth-order valence-electron chi connectivity index (χ4n) is 3.41. The molecule has 1 amide bonds. The molecule has 0 aliphatic carbocycles. The third-order valence-corrected chi connectivity index (χ3v) is 5.21. The van der Waals surface area contributed by atoms with Crippen molar-refractivity contribution in [1.82, 2.24) is 5.06 Å². The molecular weight excluding hydrogens is 346 g/mol. The van der Waals surface area contributed by atoms with Gasteiger partial charge in [-0.2, -0.15) is 0 Å². The van der Waals surface area contributed by atoms with E-state index in [4.69, 9.17) is 0 Å². The first-order valence-corrected chi connectivity index (χ1v) is 10.8. The van der Waals surface area contributed by atoms with Gasteiger partial charge in [-0.15, -0.1) is 0 Å². The number of benzene rings is 2. The van der Waals surface area contributed by atoms with Crippen LogP contribution in [-0.4, -0.2) is 22.7 Å². The maximum Gasteiger partial charge on any atom is 0.277 e. The van der Waals surface area contributed by atoms with E-state index in [1.54, 1.807) is 0 Å². The molecule has 0 aromatic heterocycles. The Balaban J connectivity index is 1.67. The zero-order valence-electron chi connectivity index (χ0n) is 17.3. The highest BCUT2D eigenvalue weighted by Gasteiger charge is 2.13. The van der Waals surface area contributed by atoms with E-state index in [0.717, 1.165) is 17.0 Å². The number of aryl methyl sites for hydroxylation is 1. The quantitative estimate of drug-likeness (QED) is 0.246. The molecule has 0 atom stereocenters. The third kappa shape index (κ3) is 8.26. The van der Waals surface area contributed by atoms with Gasteiger partial charge >= 0.3 is 0 Å². The zero-order valence-corrected chi connectivity index (χ0v) is 17.3. The summed E-state index contributed by atoms with van der Waals surface area (Å²) in [5, 5.41) is 10.9. The normalized spacial score (nSPS) is 10.8. The number of hydrogen-bond acceptors (Lipinski definition) is 2. The molecule has 0 radical (unpaired) electrons. The molecule has 0 bridgehead atoms. The average Bonchev–Trinajstić information content (AvgIpc) is 2.74. The Morgan fingerprint density at radius 1 is 0.750 bits per heavy atom. The minimum Gasteiger partial charge on any atom is -0.286 e. The van der Waals surface area contributed by atoms with Crippen molar-refractivity contribution in [3.8, 4) is 0 Å². The number of unbranched alkanes of at least 4 members (excludes halogenated alkanes) is 7. The number of rotatable bonds is 13. The number of hydroxylamine groups is 2. The van der Waals surface area contributed by atoms with Crippen LogP contribution >= 0.6 is 0 Å². The van der Waals surface area contributed by atoms with Crippen molar-refractivity contribution in [1.29, 1.82) is 0 Å². The fraction of sp³-hybridized carbons (Fsp3) is 0.480. The van der Waals surface area contributed by atoms with E-state index in [1.807, 2.05) is 54.6 Å². The van der Waals surface area contributed by atoms with E-state index in [9.17, 15) is 10.0 Å². The van der Waals surface area contributed by atoms with E-state index in [-0.39, 0.29) is 5.91 Å². The summed E-state index contributed by atoms with van der Waals surface area (Å²) in [5.41, 5.74) is 2.90. The number of hydrogen-bond donors (Lipinski definition) is 1. The smallest absolute Gasteiger partial charge is 0.277 e. The SMILES string of the molecule is CCCCCCCCCCc1ccc(C(=O)N(O)CCc2ccccc2)cc1. The summed E-state index contributed by atoms with van der Waals surface area (Å²) in [7, 11) is 0. The largest absolute Gasteiger partial charge is 0.286 e. The Morgan fingerprint density at radius 2 is 1.32 bits per heavy atom. The predicted molar refractivity (Wildman–Crippen MR) is 116 cm³/mol. The van der Waals surface area contributed by atoms with Crippen molar-refractivity contribution < 1.29 is 10.0 Å². The Labute approximate surface area is 170 Å². The molecule has 152 valence electrons. The molecule has 28 heavy (non-hydrogen) atoms. The van der Waals surface area contributed by atoms with Gasteiger partial charge in [0.15, 0.2) is 0 Å². The Bertz CT molecular complexity index is 667. The number of amides is 1. The van der Waals surface area contributed by atoms with Crippen LogP contribution in [0.3, 0.4) is 0 Å². The molecule has 0 saturated carbocycles. The van der Waals surface area contributed by atoms with Crippen molar-refractivity contribution in [2.24, 2.45) is 0 Å². The molecule has 2 aromatic rings. The lowest BCUT2D eigenvalue weighted by molar-refractivity contribution is -0.0571. The first-order chi connectivity index (χ1) is 13.7. The van der Waals surface area contributed by atoms with Gasteiger partial charge in [-0.05, 0) is 42.5 Å². The van der Waals surface area contributed by atoms with Crippen LogP contribution in [0.1, 0.15) is 79.8 Å². The lowest BCUT2D eigenvalue weighted by Crippen LogP contribution is -2.29. The van der Waals surface area contributed by atoms with Crippen molar-refractivity contribution in [3.63, 3.8) is 0 Å². The summed E-state index contributed by atoms with van der Waals surface area (Å²) in [5.74, 6) is -0.338. The Kier molecular flexibility index (Phi) is 10.4. The van der Waals surface area contributed by atoms with Gasteiger partial charge in [0.2, 0.25) is 0 Å². The average molecular weight is 382 g/mol. The van der Waals surface area contributed by atoms with Gasteiger partial charge < -0.3 is 0 Å². The van der Waals surface area contributed by atoms with E-state index in [0.29, 0.717) is 18.5 Å². The van der Waals surface area contributed by atoms with Crippen LogP contribution in [0.15, 0.2) is 54.6 Å². The molecule has 2 aromatic carbocycles. The van der Waals surface area contributed by atoms with Gasteiger partial charge in [0.25, 0.3) is 5.91 Å². The highest BCUT2D eigenvalue weighted by atomic mass is 16.5. The molecule has 3 heteroatoms. The number of nitrogens with zero attached hydrogens (tertiary/aromatic N) is 1. The topological polar surface area (TPSA) is 40.5 Å². The van der Waals surface area contributed by atoms with Crippen molar-refractivity contribution in [2.45, 2.75) is 71.1 Å². The first-order valence-electron chi connectivity index (χ1n) is 10.8. The van der Waals surface area contributed by atoms with Gasteiger partial charge in [-0.1, -0.05) is 94.3 Å². The summed E-state index contributed by atoms with van der Waals surface area (Å²) in [4.78, 5) is 12.4. The van der Waals surface area contributed by atoms with Crippen LogP contribution in [0, 0.1) is 0 Å². The van der Waals surface area contributed by atoms with Crippen LogP contribution in [0.4, 0.5) is 0 Å². The molecule has 0 aliphatic rings. The van der Waals surface area contributed by atoms with Gasteiger partial charge in [0.1, 0.15) is 0 Å². The summed E-state index contributed by atoms with van der Waals surface area (Å²) in [6.07, 6.45) is 12.2. The lowest BCUT2D eigenvalue weighted by Gasteiger charge is -2.15. The minimum atomic E-state index is -0.338. The molecule has 0 unspecified atom stereocenters. The molecular formula is C25H35NO2. The minimum absolute atomic E-state index is 0.294. The van der Waals surface area contributed by atoms with E-state index in [2.05, 4.69) is 6.92 Å². The highest BCUT2D eigenvalue weighted by molar-refractivity contribution is 5.93. The second-order valence-electron chi connectivity index (χ2n) is 7.59. The van der Waals surface area contributed by atoms with Gasteiger partial charge in [-0.25, -0.2) is 5.06 Å². The van der Waals surface area contributed by atoms with Crippen LogP contribution < -0.4 is 0 Å². The standard InChI is InChI=1S/C25H35NO2/c1-2-3-4-5-6-7-8-10-15-23-16-18-24(19-17-23)25(27)26(28)21-20-22-13-11-9-12-14-22/h9,11-14,16-19,28H,2-8,10,15,20-21H2,1H3. The maximum absolute atomic E-state index is 12.4. The molecule has 0 fully saturated rings. The van der Waals surface area contributed by atoms with E-state index in [1.165, 1.54) is 56.9 Å². The molecule has 1 N–H and O–H groups in total. The van der Waals surface area contributed by atoms with E-state index < -0.39 is 0 Å². The molecule has 0 spiro atoms. The van der Waals surface area contributed by atoms with Crippen molar-refractivity contribution in [2.75, 3.05) is 6.54 Å². The summed E-state index contributed by atoms with van der Waals surface area (Å²) in [6, 6.07) is 17.6. The second kappa shape index (κ2) is 13.1. The summed E-state index contributed by atoms with van der Waals surface area (Å²) < 4.78 is 0. The second-order valence-corrected chi connectivity index (χ2v) is 7.59. The predicted octanol–water partition coefficient (Wildman–Crippen LogP) is 6.44. The van der Waals surface area contributed by atoms with Crippen molar-refractivity contribution >= 4 is 5.91 Å². The van der Waals surface area contributed by atoms with Crippen LogP contribution in [0.5, 0.6) is 0 Å². The monoisotopic (exact) mass is 381 g/mol. The molecule has 0 aliphatic heterocycles. The fourth-order valence-corrected chi connectivity index (χ4v) is 3.41. The van der Waals surface area contributed by atoms with E-state index >= 15 is 0 Å². The number of carbonyl (C=O) groups is 1.